The van der Waals surface area contributed by atoms with Crippen molar-refractivity contribution in [3.63, 3.8) is 0 Å². The van der Waals surface area contributed by atoms with E-state index in [0.29, 0.717) is 0 Å². The fourth-order valence-corrected chi connectivity index (χ4v) is 2.25. The Kier molecular flexibility index (Phi) is 1.29. The topological polar surface area (TPSA) is 3.24 Å². The van der Waals surface area contributed by atoms with Crippen LogP contribution in [0.3, 0.4) is 0 Å². The van der Waals surface area contributed by atoms with E-state index in [0.717, 1.165) is 13.0 Å². The first-order valence-electron chi connectivity index (χ1n) is 3.79. The van der Waals surface area contributed by atoms with E-state index in [1.807, 2.05) is 4.90 Å². The summed E-state index contributed by atoms with van der Waals surface area (Å²) in [5, 5.41) is 0. The Labute approximate surface area is 63.2 Å². The lowest BCUT2D eigenvalue weighted by Gasteiger charge is -2.14. The predicted octanol–water partition coefficient (Wildman–Crippen LogP) is 1.50. The second-order valence-electron chi connectivity index (χ2n) is 3.49. The Balaban J connectivity index is 2.04. The van der Waals surface area contributed by atoms with E-state index in [2.05, 4.69) is 0 Å². The van der Waals surface area contributed by atoms with Crippen LogP contribution in [0, 0.1) is 11.8 Å². The van der Waals surface area contributed by atoms with Gasteiger partial charge in [0, 0.05) is 6.04 Å². The minimum Gasteiger partial charge on any atom is -0.302 e. The van der Waals surface area contributed by atoms with E-state index in [-0.39, 0.29) is 12.0 Å². The number of rotatable bonds is 0. The van der Waals surface area contributed by atoms with Gasteiger partial charge in [0.15, 0.2) is 0 Å². The van der Waals surface area contributed by atoms with Crippen LogP contribution >= 0.6 is 0 Å². The molecule has 3 atom stereocenters. The molecule has 0 aromatic heterocycles. The molecule has 1 aliphatic heterocycles. The molecular weight excluding hydrogens is 155 g/mol. The van der Waals surface area contributed by atoms with Gasteiger partial charge in [-0.3, -0.25) is 0 Å². The van der Waals surface area contributed by atoms with Crippen LogP contribution in [0.1, 0.15) is 6.42 Å². The summed E-state index contributed by atoms with van der Waals surface area (Å²) < 4.78 is 36.3. The third-order valence-corrected chi connectivity index (χ3v) is 2.83. The first-order chi connectivity index (χ1) is 5.02. The van der Waals surface area contributed by atoms with Gasteiger partial charge < -0.3 is 4.90 Å². The maximum Gasteiger partial charge on any atom is 0.393 e. The summed E-state index contributed by atoms with van der Waals surface area (Å²) >= 11 is 0. The standard InChI is InChI=1S/C7H10F3N/c1-11-3-2-4-5(6(4)11)7(8,9)10/h4-6H,2-3H2,1H3/t4-,5+,6-/m1/s1. The van der Waals surface area contributed by atoms with Crippen molar-refractivity contribution >= 4 is 0 Å². The van der Waals surface area contributed by atoms with Crippen LogP contribution in [-0.2, 0) is 0 Å². The van der Waals surface area contributed by atoms with Gasteiger partial charge in [-0.15, -0.1) is 0 Å². The minimum absolute atomic E-state index is 0.0833. The van der Waals surface area contributed by atoms with E-state index >= 15 is 0 Å². The summed E-state index contributed by atoms with van der Waals surface area (Å²) in [7, 11) is 1.77. The molecule has 0 aromatic carbocycles. The molecule has 64 valence electrons. The first-order valence-corrected chi connectivity index (χ1v) is 3.79. The maximum absolute atomic E-state index is 12.1. The zero-order chi connectivity index (χ0) is 8.22. The number of hydrogen-bond acceptors (Lipinski definition) is 1. The van der Waals surface area contributed by atoms with Crippen LogP contribution in [-0.4, -0.2) is 30.7 Å². The molecule has 11 heavy (non-hydrogen) atoms. The average Bonchev–Trinajstić information content (AvgIpc) is 2.47. The zero-order valence-corrected chi connectivity index (χ0v) is 6.23. The smallest absolute Gasteiger partial charge is 0.302 e. The Hall–Kier alpha value is -0.250. The number of halogens is 3. The first kappa shape index (κ1) is 7.40. The van der Waals surface area contributed by atoms with Crippen molar-refractivity contribution < 1.29 is 13.2 Å². The van der Waals surface area contributed by atoms with Crippen LogP contribution in [0.5, 0.6) is 0 Å². The molecule has 4 heteroatoms. The van der Waals surface area contributed by atoms with Crippen LogP contribution in [0.4, 0.5) is 13.2 Å². The van der Waals surface area contributed by atoms with E-state index < -0.39 is 12.1 Å². The van der Waals surface area contributed by atoms with E-state index in [4.69, 9.17) is 0 Å². The molecule has 0 amide bonds. The van der Waals surface area contributed by atoms with Crippen LogP contribution in [0.15, 0.2) is 0 Å². The number of hydrogen-bond donors (Lipinski definition) is 0. The molecule has 0 spiro atoms. The lowest BCUT2D eigenvalue weighted by atomic mass is 10.2. The SMILES string of the molecule is CN1CC[C@H]2[C@@H]1[C@H]2C(F)(F)F. The van der Waals surface area contributed by atoms with Crippen molar-refractivity contribution in [3.8, 4) is 0 Å². The van der Waals surface area contributed by atoms with Crippen LogP contribution in [0.25, 0.3) is 0 Å². The Morgan fingerprint density at radius 1 is 1.36 bits per heavy atom. The van der Waals surface area contributed by atoms with Gasteiger partial charge in [0.2, 0.25) is 0 Å². The summed E-state index contributed by atoms with van der Waals surface area (Å²) in [4.78, 5) is 1.82. The number of fused-ring (bicyclic) bond motifs is 1. The minimum atomic E-state index is -3.95. The highest BCUT2D eigenvalue weighted by atomic mass is 19.4. The fourth-order valence-electron chi connectivity index (χ4n) is 2.25. The van der Waals surface area contributed by atoms with Crippen molar-refractivity contribution in [1.29, 1.82) is 0 Å². The summed E-state index contributed by atoms with van der Waals surface area (Å²) in [6, 6.07) is -0.185. The van der Waals surface area contributed by atoms with Gasteiger partial charge in [-0.25, -0.2) is 0 Å². The van der Waals surface area contributed by atoms with Gasteiger partial charge in [0.25, 0.3) is 0 Å². The molecule has 2 rings (SSSR count). The lowest BCUT2D eigenvalue weighted by Crippen LogP contribution is -2.26. The number of likely N-dealkylation sites (tertiary alicyclic amines) is 1. The largest absolute Gasteiger partial charge is 0.393 e. The van der Waals surface area contributed by atoms with Crippen molar-refractivity contribution in [2.45, 2.75) is 18.6 Å². The number of piperidine rings is 1. The van der Waals surface area contributed by atoms with Crippen molar-refractivity contribution in [3.05, 3.63) is 0 Å². The maximum atomic E-state index is 12.1. The quantitative estimate of drug-likeness (QED) is 0.525. The predicted molar refractivity (Wildman–Crippen MR) is 34.1 cm³/mol. The number of nitrogens with zero attached hydrogens (tertiary/aromatic N) is 1. The van der Waals surface area contributed by atoms with Gasteiger partial charge in [-0.05, 0) is 25.9 Å². The summed E-state index contributed by atoms with van der Waals surface area (Å²) in [6.45, 7) is 0.835. The highest BCUT2D eigenvalue weighted by Gasteiger charge is 2.67. The van der Waals surface area contributed by atoms with E-state index in [1.165, 1.54) is 0 Å². The molecule has 0 bridgehead atoms. The molecule has 1 saturated heterocycles. The molecule has 2 fully saturated rings. The molecule has 0 unspecified atom stereocenters. The molecule has 1 saturated carbocycles. The third-order valence-electron chi connectivity index (χ3n) is 2.83. The Morgan fingerprint density at radius 3 is 2.27 bits per heavy atom. The molecule has 2 aliphatic rings. The van der Waals surface area contributed by atoms with Gasteiger partial charge in [-0.2, -0.15) is 13.2 Å². The Bertz CT molecular complexity index is 177. The van der Waals surface area contributed by atoms with Crippen molar-refractivity contribution in [2.75, 3.05) is 13.6 Å². The van der Waals surface area contributed by atoms with Crippen LogP contribution < -0.4 is 0 Å². The normalized spacial score (nSPS) is 44.2. The van der Waals surface area contributed by atoms with Crippen molar-refractivity contribution in [1.82, 2.24) is 4.90 Å². The second kappa shape index (κ2) is 1.91. The number of alkyl halides is 3. The third kappa shape index (κ3) is 0.956. The zero-order valence-electron chi connectivity index (χ0n) is 6.23. The molecule has 0 aromatic rings. The summed E-state index contributed by atoms with van der Waals surface area (Å²) in [6.07, 6.45) is -3.23. The van der Waals surface area contributed by atoms with E-state index in [9.17, 15) is 13.2 Å². The monoisotopic (exact) mass is 165 g/mol. The highest BCUT2D eigenvalue weighted by molar-refractivity contribution is 5.10. The molecule has 0 N–H and O–H groups in total. The molecule has 1 aliphatic carbocycles. The molecular formula is C7H10F3N. The molecule has 1 heterocycles. The van der Waals surface area contributed by atoms with Gasteiger partial charge in [0.1, 0.15) is 0 Å². The highest BCUT2D eigenvalue weighted by Crippen LogP contribution is 2.57. The fraction of sp³-hybridized carbons (Fsp3) is 1.00. The summed E-state index contributed by atoms with van der Waals surface area (Å²) in [5.41, 5.74) is 0. The van der Waals surface area contributed by atoms with Crippen LogP contribution in [0.2, 0.25) is 0 Å². The average molecular weight is 165 g/mol. The second-order valence-corrected chi connectivity index (χ2v) is 3.49. The molecule has 0 radical (unpaired) electrons. The Morgan fingerprint density at radius 2 is 2.00 bits per heavy atom. The van der Waals surface area contributed by atoms with E-state index in [1.54, 1.807) is 7.05 Å². The van der Waals surface area contributed by atoms with Crippen molar-refractivity contribution in [2.24, 2.45) is 11.8 Å². The van der Waals surface area contributed by atoms with Gasteiger partial charge >= 0.3 is 6.18 Å². The van der Waals surface area contributed by atoms with Gasteiger partial charge in [0.05, 0.1) is 5.92 Å². The lowest BCUT2D eigenvalue weighted by molar-refractivity contribution is -0.156. The molecule has 1 nitrogen and oxygen atoms in total. The summed E-state index contributed by atoms with van der Waals surface area (Å²) in [5.74, 6) is -1.10. The van der Waals surface area contributed by atoms with Gasteiger partial charge in [-0.1, -0.05) is 0 Å².